The van der Waals surface area contributed by atoms with E-state index in [1.54, 1.807) is 57.1 Å². The number of nitrogens with zero attached hydrogens (tertiary/aromatic N) is 4. The van der Waals surface area contributed by atoms with Crippen molar-refractivity contribution < 1.29 is 14.3 Å². The molecular weight excluding hydrogens is 440 g/mol. The lowest BCUT2D eigenvalue weighted by molar-refractivity contribution is 0.0996. The Labute approximate surface area is 194 Å². The smallest absolute Gasteiger partial charge is 0.320 e. The van der Waals surface area contributed by atoms with Gasteiger partial charge in [0, 0.05) is 61.0 Å². The molecule has 4 rings (SSSR count). The van der Waals surface area contributed by atoms with E-state index in [-0.39, 0.29) is 11.9 Å². The van der Waals surface area contributed by atoms with E-state index in [2.05, 4.69) is 25.6 Å². The molecule has 0 unspecified atom stereocenters. The van der Waals surface area contributed by atoms with Crippen LogP contribution in [-0.2, 0) is 0 Å². The van der Waals surface area contributed by atoms with Crippen LogP contribution in [0, 0.1) is 0 Å². The van der Waals surface area contributed by atoms with Crippen LogP contribution in [0.5, 0.6) is 5.75 Å². The first-order valence-electron chi connectivity index (χ1n) is 10.2. The van der Waals surface area contributed by atoms with E-state index in [9.17, 15) is 9.59 Å². The van der Waals surface area contributed by atoms with Crippen LogP contribution >= 0.6 is 11.3 Å². The van der Waals surface area contributed by atoms with Gasteiger partial charge >= 0.3 is 6.03 Å². The molecule has 168 valence electrons. The molecule has 2 N–H and O–H groups in total. The van der Waals surface area contributed by atoms with Crippen molar-refractivity contribution in [2.45, 2.75) is 6.92 Å². The minimum atomic E-state index is -0.308. The van der Waals surface area contributed by atoms with Gasteiger partial charge in [0.25, 0.3) is 5.91 Å². The van der Waals surface area contributed by atoms with Gasteiger partial charge in [-0.2, -0.15) is 0 Å². The number of amides is 3. The Balaban J connectivity index is 1.61. The number of aromatic nitrogens is 3. The second-order valence-corrected chi connectivity index (χ2v) is 8.13. The number of urea groups is 1. The highest BCUT2D eigenvalue weighted by Gasteiger charge is 2.19. The zero-order valence-corrected chi connectivity index (χ0v) is 19.1. The van der Waals surface area contributed by atoms with Crippen LogP contribution in [0.4, 0.5) is 16.4 Å². The molecule has 9 nitrogen and oxygen atoms in total. The molecule has 0 aromatic carbocycles. The maximum absolute atomic E-state index is 13.1. The van der Waals surface area contributed by atoms with E-state index in [0.717, 1.165) is 21.2 Å². The van der Waals surface area contributed by atoms with Gasteiger partial charge < -0.3 is 10.1 Å². The maximum atomic E-state index is 13.1. The average molecular weight is 463 g/mol. The lowest BCUT2D eigenvalue weighted by Crippen LogP contribution is -2.28. The summed E-state index contributed by atoms with van der Waals surface area (Å²) in [6.45, 7) is 2.37. The third-order valence-corrected chi connectivity index (χ3v) is 5.97. The summed E-state index contributed by atoms with van der Waals surface area (Å²) in [5.74, 6) is 1.38. The molecule has 0 bridgehead atoms. The summed E-state index contributed by atoms with van der Waals surface area (Å²) in [6, 6.07) is 8.57. The van der Waals surface area contributed by atoms with Gasteiger partial charge in [0.2, 0.25) is 0 Å². The molecule has 0 aliphatic rings. The van der Waals surface area contributed by atoms with Gasteiger partial charge in [-0.1, -0.05) is 0 Å². The van der Waals surface area contributed by atoms with Gasteiger partial charge in [-0.15, -0.1) is 11.3 Å². The number of carbonyl (C=O) groups is 2. The molecule has 0 fully saturated rings. The van der Waals surface area contributed by atoms with Gasteiger partial charge in [0.1, 0.15) is 17.4 Å². The second kappa shape index (κ2) is 9.61. The lowest BCUT2D eigenvalue weighted by Gasteiger charge is -2.15. The first-order chi connectivity index (χ1) is 16.0. The summed E-state index contributed by atoms with van der Waals surface area (Å²) in [6.07, 6.45) is 6.75. The highest BCUT2D eigenvalue weighted by Crippen LogP contribution is 2.34. The third kappa shape index (κ3) is 4.75. The number of rotatable bonds is 6. The van der Waals surface area contributed by atoms with Crippen molar-refractivity contribution in [2.75, 3.05) is 30.9 Å². The zero-order valence-electron chi connectivity index (χ0n) is 18.3. The minimum Gasteiger partial charge on any atom is -0.497 e. The molecule has 3 amide bonds. The summed E-state index contributed by atoms with van der Waals surface area (Å²) >= 11 is 1.37. The molecule has 0 saturated carbocycles. The van der Waals surface area contributed by atoms with E-state index in [1.165, 1.54) is 16.2 Å². The molecule has 0 spiro atoms. The first-order valence-corrected chi connectivity index (χ1v) is 11.0. The van der Waals surface area contributed by atoms with Crippen molar-refractivity contribution in [3.8, 4) is 16.9 Å². The molecule has 0 saturated heterocycles. The van der Waals surface area contributed by atoms with Crippen molar-refractivity contribution in [3.63, 3.8) is 0 Å². The number of hydrogen-bond acceptors (Lipinski definition) is 7. The van der Waals surface area contributed by atoms with E-state index < -0.39 is 0 Å². The molecule has 33 heavy (non-hydrogen) atoms. The van der Waals surface area contributed by atoms with Crippen LogP contribution in [0.3, 0.4) is 0 Å². The second-order valence-electron chi connectivity index (χ2n) is 7.04. The average Bonchev–Trinajstić information content (AvgIpc) is 3.28. The summed E-state index contributed by atoms with van der Waals surface area (Å²) in [5.41, 5.74) is 1.68. The molecule has 0 atom stereocenters. The number of nitrogens with one attached hydrogen (secondary N) is 2. The van der Waals surface area contributed by atoms with Crippen LogP contribution < -0.4 is 20.3 Å². The van der Waals surface area contributed by atoms with E-state index >= 15 is 0 Å². The molecule has 0 aliphatic carbocycles. The molecular formula is C23H22N6O3S. The molecule has 4 heterocycles. The lowest BCUT2D eigenvalue weighted by atomic mass is 10.1. The normalized spacial score (nSPS) is 10.6. The fourth-order valence-corrected chi connectivity index (χ4v) is 4.25. The Hall–Kier alpha value is -4.05. The van der Waals surface area contributed by atoms with Gasteiger partial charge in [-0.25, -0.2) is 14.8 Å². The third-order valence-electron chi connectivity index (χ3n) is 4.91. The predicted molar refractivity (Wildman–Crippen MR) is 129 cm³/mol. The molecule has 4 aromatic rings. The summed E-state index contributed by atoms with van der Waals surface area (Å²) in [4.78, 5) is 39.8. The number of thiophene rings is 1. The van der Waals surface area contributed by atoms with Crippen LogP contribution in [-0.4, -0.2) is 47.6 Å². The molecule has 0 aliphatic heterocycles. The van der Waals surface area contributed by atoms with Crippen LogP contribution in [0.1, 0.15) is 16.6 Å². The van der Waals surface area contributed by atoms with Gasteiger partial charge in [-0.05, 0) is 31.2 Å². The van der Waals surface area contributed by atoms with E-state index in [0.29, 0.717) is 28.8 Å². The largest absolute Gasteiger partial charge is 0.497 e. The Morgan fingerprint density at radius 2 is 1.97 bits per heavy atom. The predicted octanol–water partition coefficient (Wildman–Crippen LogP) is 4.18. The van der Waals surface area contributed by atoms with E-state index in [4.69, 9.17) is 4.74 Å². The minimum absolute atomic E-state index is 0.178. The number of fused-ring (bicyclic) bond motifs is 1. The first kappa shape index (κ1) is 22.2. The standard InChI is InChI=1S/C23H22N6O3S/c1-4-25-23(31)28-20-6-5-14(11-27-20)17-12-24-13-19-16(17)10-18(33-19)22(30)29(2)21-9-15(32-3)7-8-26-21/h5-13H,4H2,1-3H3,(H2,25,27,28,31). The summed E-state index contributed by atoms with van der Waals surface area (Å²) in [7, 11) is 3.25. The number of methoxy groups -OCH3 is 1. The van der Waals surface area contributed by atoms with Crippen molar-refractivity contribution in [1.82, 2.24) is 20.3 Å². The van der Waals surface area contributed by atoms with Crippen LogP contribution in [0.15, 0.2) is 55.1 Å². The summed E-state index contributed by atoms with van der Waals surface area (Å²) < 4.78 is 6.11. The van der Waals surface area contributed by atoms with Crippen molar-refractivity contribution in [3.05, 3.63) is 60.0 Å². The zero-order chi connectivity index (χ0) is 23.4. The van der Waals surface area contributed by atoms with Crippen LogP contribution in [0.2, 0.25) is 0 Å². The number of carbonyl (C=O) groups excluding carboxylic acids is 2. The van der Waals surface area contributed by atoms with E-state index in [1.807, 2.05) is 19.1 Å². The van der Waals surface area contributed by atoms with Crippen molar-refractivity contribution in [2.24, 2.45) is 0 Å². The summed E-state index contributed by atoms with van der Waals surface area (Å²) in [5, 5.41) is 6.23. The Morgan fingerprint density at radius 3 is 2.70 bits per heavy atom. The monoisotopic (exact) mass is 462 g/mol. The fraction of sp³-hybridized carbons (Fsp3) is 0.174. The van der Waals surface area contributed by atoms with Gasteiger partial charge in [-0.3, -0.25) is 20.0 Å². The molecule has 0 radical (unpaired) electrons. The SMILES string of the molecule is CCNC(=O)Nc1ccc(-c2cncc3sc(C(=O)N(C)c4cc(OC)ccn4)cc23)cn1. The molecule has 10 heteroatoms. The van der Waals surface area contributed by atoms with Gasteiger partial charge in [0.05, 0.1) is 16.7 Å². The highest BCUT2D eigenvalue weighted by atomic mass is 32.1. The quantitative estimate of drug-likeness (QED) is 0.445. The topological polar surface area (TPSA) is 109 Å². The Kier molecular flexibility index (Phi) is 6.45. The van der Waals surface area contributed by atoms with Crippen molar-refractivity contribution >= 4 is 45.0 Å². The van der Waals surface area contributed by atoms with Crippen molar-refractivity contribution in [1.29, 1.82) is 0 Å². The van der Waals surface area contributed by atoms with Crippen LogP contribution in [0.25, 0.3) is 21.2 Å². The number of anilines is 2. The fourth-order valence-electron chi connectivity index (χ4n) is 3.22. The number of hydrogen-bond donors (Lipinski definition) is 2. The Morgan fingerprint density at radius 1 is 1.12 bits per heavy atom. The highest BCUT2D eigenvalue weighted by molar-refractivity contribution is 7.21. The number of ether oxygens (including phenoxy) is 1. The Bertz CT molecular complexity index is 1310. The number of pyridine rings is 3. The van der Waals surface area contributed by atoms with Gasteiger partial charge in [0.15, 0.2) is 0 Å². The molecule has 4 aromatic heterocycles. The maximum Gasteiger partial charge on any atom is 0.320 e.